The second kappa shape index (κ2) is 9.63. The summed E-state index contributed by atoms with van der Waals surface area (Å²) in [6.45, 7) is 0. The average molecular weight is 406 g/mol. The molecular weight excluding hydrogens is 384 g/mol. The first-order chi connectivity index (χ1) is 15.2. The molecule has 1 amide bonds. The highest BCUT2D eigenvalue weighted by molar-refractivity contribution is 6.15. The van der Waals surface area contributed by atoms with E-state index < -0.39 is 0 Å². The molecule has 4 rings (SSSR count). The second-order valence-corrected chi connectivity index (χ2v) is 7.24. The Hall–Kier alpha value is -4.05. The Morgan fingerprint density at radius 2 is 1.29 bits per heavy atom. The molecule has 0 atom stereocenters. The molecule has 0 radical (unpaired) electrons. The largest absolute Gasteiger partial charge is 0.294 e. The number of carbonyl (C=O) groups excluding carboxylic acids is 2. The van der Waals surface area contributed by atoms with Crippen LogP contribution in [0.4, 0.5) is 0 Å². The zero-order chi connectivity index (χ0) is 21.5. The zero-order valence-electron chi connectivity index (χ0n) is 17.0. The van der Waals surface area contributed by atoms with Gasteiger partial charge in [0.15, 0.2) is 5.78 Å². The molecule has 4 aromatic carbocycles. The molecule has 4 aromatic rings. The third kappa shape index (κ3) is 5.11. The van der Waals surface area contributed by atoms with Gasteiger partial charge in [0.2, 0.25) is 5.91 Å². The number of rotatable bonds is 7. The van der Waals surface area contributed by atoms with Crippen LogP contribution in [0.5, 0.6) is 0 Å². The van der Waals surface area contributed by atoms with E-state index in [9.17, 15) is 9.59 Å². The molecule has 0 unspecified atom stereocenters. The Morgan fingerprint density at radius 3 is 2.03 bits per heavy atom. The molecule has 0 aliphatic rings. The van der Waals surface area contributed by atoms with Crippen molar-refractivity contribution in [2.45, 2.75) is 12.8 Å². The number of nitrogens with zero attached hydrogens (tertiary/aromatic N) is 1. The average Bonchev–Trinajstić information content (AvgIpc) is 2.83. The number of hydrogen-bond acceptors (Lipinski definition) is 3. The van der Waals surface area contributed by atoms with Gasteiger partial charge < -0.3 is 0 Å². The Kier molecular flexibility index (Phi) is 6.29. The van der Waals surface area contributed by atoms with Gasteiger partial charge in [-0.1, -0.05) is 103 Å². The van der Waals surface area contributed by atoms with E-state index in [-0.39, 0.29) is 24.5 Å². The molecule has 0 saturated heterocycles. The third-order valence-electron chi connectivity index (χ3n) is 5.08. The SMILES string of the molecule is O=C(Cc1cccc2ccccc12)N/N=C(/CC(=O)c1ccccc1)c1ccccc1. The maximum atomic E-state index is 12.7. The lowest BCUT2D eigenvalue weighted by Gasteiger charge is -2.09. The zero-order valence-corrected chi connectivity index (χ0v) is 17.0. The van der Waals surface area contributed by atoms with E-state index in [0.717, 1.165) is 21.9 Å². The third-order valence-corrected chi connectivity index (χ3v) is 5.08. The van der Waals surface area contributed by atoms with Gasteiger partial charge in [0.25, 0.3) is 0 Å². The number of fused-ring (bicyclic) bond motifs is 1. The number of carbonyl (C=O) groups is 2. The highest BCUT2D eigenvalue weighted by atomic mass is 16.2. The van der Waals surface area contributed by atoms with Crippen molar-refractivity contribution in [2.75, 3.05) is 0 Å². The van der Waals surface area contributed by atoms with E-state index in [1.165, 1.54) is 0 Å². The number of nitrogens with one attached hydrogen (secondary N) is 1. The molecule has 0 heterocycles. The summed E-state index contributed by atoms with van der Waals surface area (Å²) in [5.74, 6) is -0.275. The van der Waals surface area contributed by atoms with Crippen LogP contribution in [0.25, 0.3) is 10.8 Å². The van der Waals surface area contributed by atoms with Gasteiger partial charge in [-0.05, 0) is 21.9 Å². The van der Waals surface area contributed by atoms with Crippen molar-refractivity contribution in [2.24, 2.45) is 5.10 Å². The van der Waals surface area contributed by atoms with Crippen molar-refractivity contribution in [3.05, 3.63) is 120 Å². The fourth-order valence-electron chi connectivity index (χ4n) is 3.50. The molecule has 31 heavy (non-hydrogen) atoms. The first-order valence-electron chi connectivity index (χ1n) is 10.2. The van der Waals surface area contributed by atoms with E-state index in [1.807, 2.05) is 91.0 Å². The van der Waals surface area contributed by atoms with Gasteiger partial charge in [-0.2, -0.15) is 5.10 Å². The molecule has 0 aliphatic carbocycles. The highest BCUT2D eigenvalue weighted by Crippen LogP contribution is 2.19. The Balaban J connectivity index is 1.53. The quantitative estimate of drug-likeness (QED) is 0.261. The van der Waals surface area contributed by atoms with Crippen LogP contribution in [0.3, 0.4) is 0 Å². The predicted molar refractivity (Wildman–Crippen MR) is 124 cm³/mol. The molecule has 0 fully saturated rings. The van der Waals surface area contributed by atoms with Crippen LogP contribution in [-0.2, 0) is 11.2 Å². The molecule has 1 N–H and O–H groups in total. The second-order valence-electron chi connectivity index (χ2n) is 7.24. The number of ketones is 1. The maximum absolute atomic E-state index is 12.7. The van der Waals surface area contributed by atoms with E-state index >= 15 is 0 Å². The monoisotopic (exact) mass is 406 g/mol. The van der Waals surface area contributed by atoms with Gasteiger partial charge in [-0.15, -0.1) is 0 Å². The van der Waals surface area contributed by atoms with Crippen molar-refractivity contribution >= 4 is 28.2 Å². The minimum absolute atomic E-state index is 0.0495. The normalized spacial score (nSPS) is 11.3. The van der Waals surface area contributed by atoms with Crippen molar-refractivity contribution in [3.63, 3.8) is 0 Å². The summed E-state index contributed by atoms with van der Waals surface area (Å²) >= 11 is 0. The molecule has 4 heteroatoms. The summed E-state index contributed by atoms with van der Waals surface area (Å²) in [6.07, 6.45) is 0.308. The fourth-order valence-corrected chi connectivity index (χ4v) is 3.50. The van der Waals surface area contributed by atoms with Crippen LogP contribution in [0.2, 0.25) is 0 Å². The lowest BCUT2D eigenvalue weighted by atomic mass is 10.0. The summed E-state index contributed by atoms with van der Waals surface area (Å²) < 4.78 is 0. The molecule has 0 aromatic heterocycles. The van der Waals surface area contributed by atoms with Crippen molar-refractivity contribution in [1.82, 2.24) is 5.43 Å². The van der Waals surface area contributed by atoms with E-state index in [1.54, 1.807) is 12.1 Å². The number of Topliss-reactive ketones (excluding diaryl/α,β-unsaturated/α-hetero) is 1. The van der Waals surface area contributed by atoms with Crippen LogP contribution in [0.15, 0.2) is 108 Å². The van der Waals surface area contributed by atoms with Gasteiger partial charge in [-0.3, -0.25) is 9.59 Å². The summed E-state index contributed by atoms with van der Waals surface area (Å²) in [5.41, 5.74) is 5.54. The van der Waals surface area contributed by atoms with Crippen LogP contribution in [0, 0.1) is 0 Å². The lowest BCUT2D eigenvalue weighted by molar-refractivity contribution is -0.120. The van der Waals surface area contributed by atoms with Crippen LogP contribution < -0.4 is 5.43 Å². The summed E-state index contributed by atoms with van der Waals surface area (Å²) in [5, 5.41) is 6.47. The predicted octanol–water partition coefficient (Wildman–Crippen LogP) is 5.18. The van der Waals surface area contributed by atoms with Gasteiger partial charge in [0.05, 0.1) is 18.6 Å². The van der Waals surface area contributed by atoms with Gasteiger partial charge >= 0.3 is 0 Å². The highest BCUT2D eigenvalue weighted by Gasteiger charge is 2.13. The van der Waals surface area contributed by atoms with Crippen LogP contribution in [0.1, 0.15) is 27.9 Å². The molecule has 152 valence electrons. The maximum Gasteiger partial charge on any atom is 0.244 e. The Labute approximate surface area is 181 Å². The minimum Gasteiger partial charge on any atom is -0.294 e. The number of amides is 1. The fraction of sp³-hybridized carbons (Fsp3) is 0.0741. The van der Waals surface area contributed by atoms with Crippen molar-refractivity contribution in [1.29, 1.82) is 0 Å². The van der Waals surface area contributed by atoms with Gasteiger partial charge in [0.1, 0.15) is 0 Å². The standard InChI is InChI=1S/C27H22N2O2/c30-26(22-13-5-2-6-14-22)19-25(21-11-3-1-4-12-21)28-29-27(31)18-23-16-9-15-20-10-7-8-17-24(20)23/h1-17H,18-19H2,(H,29,31)/b28-25-. The Bertz CT molecular complexity index is 1230. The minimum atomic E-state index is -0.225. The molecule has 0 spiro atoms. The molecule has 0 bridgehead atoms. The van der Waals surface area contributed by atoms with Crippen LogP contribution in [-0.4, -0.2) is 17.4 Å². The molecular formula is C27H22N2O2. The van der Waals surface area contributed by atoms with Crippen molar-refractivity contribution < 1.29 is 9.59 Å². The molecule has 4 nitrogen and oxygen atoms in total. The van der Waals surface area contributed by atoms with E-state index in [4.69, 9.17) is 0 Å². The Morgan fingerprint density at radius 1 is 0.677 bits per heavy atom. The number of benzene rings is 4. The summed E-state index contributed by atoms with van der Waals surface area (Å²) in [6, 6.07) is 32.4. The molecule has 0 saturated carbocycles. The number of hydrazone groups is 1. The summed E-state index contributed by atoms with van der Waals surface area (Å²) in [7, 11) is 0. The van der Waals surface area contributed by atoms with E-state index in [2.05, 4.69) is 10.5 Å². The number of hydrogen-bond donors (Lipinski definition) is 1. The molecule has 0 aliphatic heterocycles. The lowest BCUT2D eigenvalue weighted by Crippen LogP contribution is -2.23. The smallest absolute Gasteiger partial charge is 0.244 e. The van der Waals surface area contributed by atoms with Gasteiger partial charge in [0, 0.05) is 5.56 Å². The topological polar surface area (TPSA) is 58.5 Å². The van der Waals surface area contributed by atoms with E-state index in [0.29, 0.717) is 11.3 Å². The van der Waals surface area contributed by atoms with Crippen molar-refractivity contribution in [3.8, 4) is 0 Å². The van der Waals surface area contributed by atoms with Gasteiger partial charge in [-0.25, -0.2) is 5.43 Å². The summed E-state index contributed by atoms with van der Waals surface area (Å²) in [4.78, 5) is 25.4. The first kappa shape index (κ1) is 20.2. The first-order valence-corrected chi connectivity index (χ1v) is 10.2. The van der Waals surface area contributed by atoms with Crippen LogP contribution >= 0.6 is 0 Å².